The van der Waals surface area contributed by atoms with Crippen molar-refractivity contribution in [2.45, 2.75) is 56.8 Å². The van der Waals surface area contributed by atoms with Crippen molar-refractivity contribution in [1.29, 1.82) is 0 Å². The number of pyridine rings is 1. The Kier molecular flexibility index (Phi) is 12.6. The molecular weight excluding hydrogens is 652 g/mol. The molecule has 0 saturated carbocycles. The van der Waals surface area contributed by atoms with Crippen LogP contribution in [0.25, 0.3) is 0 Å². The number of carbonyl (C=O) groups is 2. The lowest BCUT2D eigenvalue weighted by Crippen LogP contribution is -2.44. The zero-order valence-corrected chi connectivity index (χ0v) is 29.6. The minimum Gasteiger partial charge on any atom is -0.392 e. The van der Waals surface area contributed by atoms with Gasteiger partial charge >= 0.3 is 6.03 Å². The summed E-state index contributed by atoms with van der Waals surface area (Å²) in [7, 11) is 2.10. The summed E-state index contributed by atoms with van der Waals surface area (Å²) < 4.78 is 13.8. The summed E-state index contributed by atoms with van der Waals surface area (Å²) in [6, 6.07) is 40.0. The van der Waals surface area contributed by atoms with Gasteiger partial charge in [-0.05, 0) is 66.9 Å². The Morgan fingerprint density at radius 1 is 0.808 bits per heavy atom. The van der Waals surface area contributed by atoms with Crippen LogP contribution in [0.15, 0.2) is 134 Å². The number of benzene rings is 4. The summed E-state index contributed by atoms with van der Waals surface area (Å²) in [4.78, 5) is 32.4. The van der Waals surface area contributed by atoms with E-state index in [0.29, 0.717) is 18.7 Å². The van der Waals surface area contributed by atoms with E-state index < -0.39 is 18.4 Å². The van der Waals surface area contributed by atoms with E-state index in [1.165, 1.54) is 6.92 Å². The zero-order valence-electron chi connectivity index (χ0n) is 29.6. The summed E-state index contributed by atoms with van der Waals surface area (Å²) in [5.74, 6) is -0.270. The first-order valence-electron chi connectivity index (χ1n) is 17.7. The molecule has 0 bridgehead atoms. The number of ketones is 1. The summed E-state index contributed by atoms with van der Waals surface area (Å²) in [5, 5.41) is 15.5. The number of likely N-dealkylation sites (N-methyl/N-ethyl adjacent to an activating group) is 1. The molecule has 5 aromatic rings. The van der Waals surface area contributed by atoms with E-state index in [4.69, 9.17) is 9.47 Å². The molecule has 6 rings (SSSR count). The van der Waals surface area contributed by atoms with E-state index in [1.807, 2.05) is 115 Å². The molecule has 0 radical (unpaired) electrons. The van der Waals surface area contributed by atoms with Crippen LogP contribution in [-0.4, -0.2) is 59.1 Å². The summed E-state index contributed by atoms with van der Waals surface area (Å²) >= 11 is 0. The summed E-state index contributed by atoms with van der Waals surface area (Å²) in [6.45, 7) is 2.86. The van der Waals surface area contributed by atoms with Crippen molar-refractivity contribution in [2.24, 2.45) is 0 Å². The number of ether oxygens (including phenoxy) is 2. The molecule has 52 heavy (non-hydrogen) atoms. The number of hydrogen-bond acceptors (Lipinski definition) is 7. The number of carbonyl (C=O) groups excluding carboxylic acids is 2. The molecule has 1 aliphatic rings. The fraction of sp³-hybridized carbons (Fsp3) is 0.279. The van der Waals surface area contributed by atoms with Gasteiger partial charge in [0.15, 0.2) is 12.1 Å². The molecule has 5 unspecified atom stereocenters. The smallest absolute Gasteiger partial charge is 0.319 e. The Hall–Kier alpha value is -5.19. The van der Waals surface area contributed by atoms with Crippen LogP contribution in [0.5, 0.6) is 0 Å². The Labute approximate surface area is 305 Å². The first kappa shape index (κ1) is 36.6. The third-order valence-corrected chi connectivity index (χ3v) is 9.43. The summed E-state index contributed by atoms with van der Waals surface area (Å²) in [6.07, 6.45) is 1.62. The third-order valence-electron chi connectivity index (χ3n) is 9.43. The van der Waals surface area contributed by atoms with Gasteiger partial charge in [-0.2, -0.15) is 0 Å². The molecule has 3 N–H and O–H groups in total. The molecule has 0 aliphatic carbocycles. The number of aromatic nitrogens is 1. The Morgan fingerprint density at radius 3 is 2.21 bits per heavy atom. The van der Waals surface area contributed by atoms with E-state index in [-0.39, 0.29) is 30.5 Å². The molecule has 1 saturated heterocycles. The topological polar surface area (TPSA) is 113 Å². The van der Waals surface area contributed by atoms with E-state index >= 15 is 0 Å². The van der Waals surface area contributed by atoms with Crippen molar-refractivity contribution >= 4 is 17.5 Å². The maximum atomic E-state index is 13.2. The van der Waals surface area contributed by atoms with Crippen LogP contribution in [0.1, 0.15) is 58.7 Å². The SMILES string of the molecule is CC(=O)C(Cc1ccccc1)NC(=O)Nc1cccc(C2OC(CN(C)CCc3ccccn3)C(c3ccccc3)C(c3ccc(CO)cc3)O2)c1. The van der Waals surface area contributed by atoms with Crippen LogP contribution >= 0.6 is 0 Å². The molecule has 1 aliphatic heterocycles. The third kappa shape index (κ3) is 9.77. The fourth-order valence-electron chi connectivity index (χ4n) is 6.65. The number of aliphatic hydroxyl groups excluding tert-OH is 1. The van der Waals surface area contributed by atoms with Gasteiger partial charge in [-0.1, -0.05) is 103 Å². The molecule has 9 heteroatoms. The van der Waals surface area contributed by atoms with Crippen LogP contribution < -0.4 is 10.6 Å². The van der Waals surface area contributed by atoms with Crippen LogP contribution in [-0.2, 0) is 33.7 Å². The Bertz CT molecular complexity index is 1870. The second-order valence-electron chi connectivity index (χ2n) is 13.3. The van der Waals surface area contributed by atoms with Gasteiger partial charge in [0.2, 0.25) is 0 Å². The lowest BCUT2D eigenvalue weighted by atomic mass is 9.83. The van der Waals surface area contributed by atoms with Crippen molar-refractivity contribution in [1.82, 2.24) is 15.2 Å². The highest BCUT2D eigenvalue weighted by atomic mass is 16.7. The van der Waals surface area contributed by atoms with E-state index in [2.05, 4.69) is 39.7 Å². The Morgan fingerprint density at radius 2 is 1.52 bits per heavy atom. The molecule has 9 nitrogen and oxygen atoms in total. The zero-order chi connectivity index (χ0) is 36.3. The lowest BCUT2D eigenvalue weighted by Gasteiger charge is -2.44. The highest BCUT2D eigenvalue weighted by Crippen LogP contribution is 2.47. The van der Waals surface area contributed by atoms with Crippen molar-refractivity contribution in [3.8, 4) is 0 Å². The first-order valence-corrected chi connectivity index (χ1v) is 17.7. The van der Waals surface area contributed by atoms with Gasteiger partial charge < -0.3 is 30.1 Å². The molecule has 4 aromatic carbocycles. The average Bonchev–Trinajstić information content (AvgIpc) is 3.18. The fourth-order valence-corrected chi connectivity index (χ4v) is 6.65. The van der Waals surface area contributed by atoms with Gasteiger partial charge in [0.05, 0.1) is 24.9 Å². The molecular formula is C43H46N4O5. The maximum Gasteiger partial charge on any atom is 0.319 e. The van der Waals surface area contributed by atoms with Gasteiger partial charge in [0, 0.05) is 48.6 Å². The Balaban J connectivity index is 1.25. The molecule has 0 spiro atoms. The van der Waals surface area contributed by atoms with Crippen molar-refractivity contribution < 1.29 is 24.2 Å². The predicted octanol–water partition coefficient (Wildman–Crippen LogP) is 7.01. The van der Waals surface area contributed by atoms with Gasteiger partial charge in [0.1, 0.15) is 0 Å². The minimum atomic E-state index is -0.746. The molecule has 268 valence electrons. The second-order valence-corrected chi connectivity index (χ2v) is 13.3. The molecule has 1 fully saturated rings. The average molecular weight is 699 g/mol. The van der Waals surface area contributed by atoms with Crippen LogP contribution in [0.4, 0.5) is 10.5 Å². The van der Waals surface area contributed by atoms with Gasteiger partial charge in [-0.3, -0.25) is 9.78 Å². The monoisotopic (exact) mass is 698 g/mol. The quantitative estimate of drug-likeness (QED) is 0.114. The number of nitrogens with one attached hydrogen (secondary N) is 2. The van der Waals surface area contributed by atoms with Crippen LogP contribution in [0.2, 0.25) is 0 Å². The number of rotatable bonds is 14. The number of aliphatic hydroxyl groups is 1. The second kappa shape index (κ2) is 17.8. The maximum absolute atomic E-state index is 13.2. The number of hydrogen-bond donors (Lipinski definition) is 3. The van der Waals surface area contributed by atoms with Gasteiger partial charge in [-0.25, -0.2) is 4.79 Å². The van der Waals surface area contributed by atoms with E-state index in [0.717, 1.165) is 46.5 Å². The highest BCUT2D eigenvalue weighted by molar-refractivity contribution is 5.93. The van der Waals surface area contributed by atoms with Gasteiger partial charge in [0.25, 0.3) is 0 Å². The lowest BCUT2D eigenvalue weighted by molar-refractivity contribution is -0.263. The van der Waals surface area contributed by atoms with Crippen LogP contribution in [0.3, 0.4) is 0 Å². The highest BCUT2D eigenvalue weighted by Gasteiger charge is 2.42. The largest absolute Gasteiger partial charge is 0.392 e. The first-order chi connectivity index (χ1) is 25.4. The summed E-state index contributed by atoms with van der Waals surface area (Å²) in [5.41, 5.74) is 6.18. The van der Waals surface area contributed by atoms with E-state index in [9.17, 15) is 14.7 Å². The number of anilines is 1. The number of amides is 2. The molecule has 5 atom stereocenters. The number of nitrogens with zero attached hydrogens (tertiary/aromatic N) is 2. The normalized spacial score (nSPS) is 19.2. The number of Topliss-reactive ketones (excluding diaryl/α,β-unsaturated/α-hetero) is 1. The van der Waals surface area contributed by atoms with E-state index in [1.54, 1.807) is 6.07 Å². The molecule has 2 amide bonds. The minimum absolute atomic E-state index is 0.0455. The standard InChI is InChI=1S/C43H46N4O5/c1-30(49)38(26-31-12-5-3-6-13-31)46-43(50)45-37-18-11-16-35(27-37)42-51-39(28-47(2)25-23-36-17-9-10-24-44-36)40(33-14-7-4-8-15-33)41(52-42)34-21-19-32(29-48)20-22-34/h3-22,24,27,38-42,48H,23,25-26,28-29H2,1-2H3,(H2,45,46,50). The number of urea groups is 1. The van der Waals surface area contributed by atoms with Crippen molar-refractivity contribution in [2.75, 3.05) is 25.5 Å². The van der Waals surface area contributed by atoms with Crippen LogP contribution in [0, 0.1) is 0 Å². The molecule has 2 heterocycles. The predicted molar refractivity (Wildman–Crippen MR) is 202 cm³/mol. The van der Waals surface area contributed by atoms with Crippen molar-refractivity contribution in [3.05, 3.63) is 167 Å². The molecule has 1 aromatic heterocycles. The van der Waals surface area contributed by atoms with Gasteiger partial charge in [-0.15, -0.1) is 0 Å². The van der Waals surface area contributed by atoms with Crippen molar-refractivity contribution in [3.63, 3.8) is 0 Å².